The fourth-order valence-electron chi connectivity index (χ4n) is 6.67. The predicted molar refractivity (Wildman–Crippen MR) is 188 cm³/mol. The summed E-state index contributed by atoms with van der Waals surface area (Å²) in [6.45, 7) is 4.16. The van der Waals surface area contributed by atoms with Crippen LogP contribution in [0.5, 0.6) is 5.75 Å². The zero-order chi connectivity index (χ0) is 43.3. The minimum Gasteiger partial charge on any atom is -0.463 e. The lowest BCUT2D eigenvalue weighted by Gasteiger charge is -2.45. The topological polar surface area (TPSA) is 191 Å². The summed E-state index contributed by atoms with van der Waals surface area (Å²) in [5.41, 5.74) is 3.35. The SMILES string of the molecule is CC(=O)N[C@H]1[C@@H](O[C@H](C)[C@H](NC(=O)OCC2c3ccccc3-c3ccccc32)C(=O)Oc2c(F)c(F)c(F)c(F)c2F)O[C@H](COC(C)=O)[C@H](OC(C)=O)[C@@H]1OC(C)=O. The lowest BCUT2D eigenvalue weighted by molar-refractivity contribution is -0.287. The number of carbonyl (C=O) groups is 6. The van der Waals surface area contributed by atoms with Crippen molar-refractivity contribution in [3.05, 3.63) is 88.7 Å². The average molecular weight is 837 g/mol. The van der Waals surface area contributed by atoms with E-state index < -0.39 is 126 Å². The second-order valence-electron chi connectivity index (χ2n) is 13.3. The molecule has 0 bridgehead atoms. The van der Waals surface area contributed by atoms with Crippen molar-refractivity contribution in [3.8, 4) is 16.9 Å². The number of nitrogens with one attached hydrogen (secondary N) is 2. The van der Waals surface area contributed by atoms with Crippen LogP contribution in [0.2, 0.25) is 0 Å². The summed E-state index contributed by atoms with van der Waals surface area (Å²) in [4.78, 5) is 75.7. The van der Waals surface area contributed by atoms with Gasteiger partial charge in [0.05, 0.1) is 6.10 Å². The molecular formula is C39H37F5N2O13. The van der Waals surface area contributed by atoms with E-state index >= 15 is 0 Å². The van der Waals surface area contributed by atoms with Crippen LogP contribution in [0.15, 0.2) is 48.5 Å². The highest BCUT2D eigenvalue weighted by Crippen LogP contribution is 2.44. The van der Waals surface area contributed by atoms with E-state index in [1.807, 2.05) is 36.4 Å². The third kappa shape index (κ3) is 9.94. The molecule has 59 heavy (non-hydrogen) atoms. The number of ether oxygens (including phenoxy) is 7. The Morgan fingerprint density at radius 3 is 1.75 bits per heavy atom. The second kappa shape index (κ2) is 18.6. The lowest BCUT2D eigenvalue weighted by atomic mass is 9.95. The van der Waals surface area contributed by atoms with E-state index in [0.717, 1.165) is 56.9 Å². The molecule has 2 N–H and O–H groups in total. The van der Waals surface area contributed by atoms with Gasteiger partial charge in [0.15, 0.2) is 24.5 Å². The zero-order valence-corrected chi connectivity index (χ0v) is 31.8. The molecule has 1 heterocycles. The third-order valence-electron chi connectivity index (χ3n) is 9.13. The largest absolute Gasteiger partial charge is 0.463 e. The molecule has 7 atom stereocenters. The summed E-state index contributed by atoms with van der Waals surface area (Å²) in [6.07, 6.45) is -9.70. The number of amides is 2. The maximum absolute atomic E-state index is 14.7. The molecule has 1 aliphatic carbocycles. The molecule has 0 spiro atoms. The number of fused-ring (bicyclic) bond motifs is 3. The van der Waals surface area contributed by atoms with Gasteiger partial charge in [-0.2, -0.15) is 8.78 Å². The Balaban J connectivity index is 1.48. The summed E-state index contributed by atoms with van der Waals surface area (Å²) in [7, 11) is 0. The maximum Gasteiger partial charge on any atom is 0.407 e. The first-order chi connectivity index (χ1) is 27.9. The summed E-state index contributed by atoms with van der Waals surface area (Å²) in [6, 6.07) is 10.8. The van der Waals surface area contributed by atoms with Crippen LogP contribution in [0, 0.1) is 29.1 Å². The number of hydrogen-bond donors (Lipinski definition) is 2. The Bertz CT molecular complexity index is 2060. The van der Waals surface area contributed by atoms with E-state index in [1.165, 1.54) is 0 Å². The molecule has 1 saturated heterocycles. The summed E-state index contributed by atoms with van der Waals surface area (Å²) < 4.78 is 109. The van der Waals surface area contributed by atoms with Gasteiger partial charge in [-0.25, -0.2) is 22.8 Å². The van der Waals surface area contributed by atoms with Crippen LogP contribution >= 0.6 is 0 Å². The summed E-state index contributed by atoms with van der Waals surface area (Å²) in [5.74, 6) is -20.3. The van der Waals surface area contributed by atoms with Crippen LogP contribution in [0.1, 0.15) is 51.7 Å². The van der Waals surface area contributed by atoms with Crippen molar-refractivity contribution in [1.29, 1.82) is 0 Å². The summed E-state index contributed by atoms with van der Waals surface area (Å²) in [5, 5.41) is 4.55. The smallest absolute Gasteiger partial charge is 0.407 e. The minimum absolute atomic E-state index is 0.315. The molecule has 1 fully saturated rings. The maximum atomic E-state index is 14.7. The molecule has 2 aliphatic rings. The van der Waals surface area contributed by atoms with Crippen LogP contribution < -0.4 is 15.4 Å². The molecule has 316 valence electrons. The molecule has 3 aromatic rings. The van der Waals surface area contributed by atoms with Gasteiger partial charge in [0, 0.05) is 33.6 Å². The molecule has 0 radical (unpaired) electrons. The van der Waals surface area contributed by atoms with Crippen molar-refractivity contribution in [3.63, 3.8) is 0 Å². The molecule has 15 nitrogen and oxygen atoms in total. The number of rotatable bonds is 13. The van der Waals surface area contributed by atoms with Crippen LogP contribution in [0.25, 0.3) is 11.1 Å². The predicted octanol–water partition coefficient (Wildman–Crippen LogP) is 4.26. The van der Waals surface area contributed by atoms with E-state index in [2.05, 4.69) is 15.4 Å². The van der Waals surface area contributed by atoms with Crippen LogP contribution in [0.4, 0.5) is 26.7 Å². The third-order valence-corrected chi connectivity index (χ3v) is 9.13. The van der Waals surface area contributed by atoms with Gasteiger partial charge in [0.25, 0.3) is 0 Å². The van der Waals surface area contributed by atoms with E-state index in [4.69, 9.17) is 28.4 Å². The quantitative estimate of drug-likeness (QED) is 0.0621. The molecule has 0 unspecified atom stereocenters. The summed E-state index contributed by atoms with van der Waals surface area (Å²) >= 11 is 0. The highest BCUT2D eigenvalue weighted by Gasteiger charge is 2.52. The van der Waals surface area contributed by atoms with Gasteiger partial charge in [-0.15, -0.1) is 0 Å². The fraction of sp³-hybridized carbons (Fsp3) is 0.385. The number of benzene rings is 3. The second-order valence-corrected chi connectivity index (χ2v) is 13.3. The van der Waals surface area contributed by atoms with Gasteiger partial charge in [0.2, 0.25) is 40.7 Å². The molecule has 2 amide bonds. The standard InChI is InChI=1S/C39H37F5N2O13/c1-16(55-38-33(45-17(2)47)36(57-20(5)50)34(56-19(4)49)26(58-38)15-53-18(3)48)32(37(51)59-35-30(43)28(41)27(40)29(42)31(35)44)46-39(52)54-14-25-23-12-8-6-10-21(23)22-11-7-9-13-24(22)25/h6-13,16,25-26,32-34,36,38H,14-15H2,1-5H3,(H,45,47)(H,46,52)/t16-,26-,32+,33-,34+,36-,38+/m1/s1. The van der Waals surface area contributed by atoms with Crippen molar-refractivity contribution in [2.24, 2.45) is 0 Å². The van der Waals surface area contributed by atoms with Crippen molar-refractivity contribution < 1.29 is 83.9 Å². The number of esters is 4. The minimum atomic E-state index is -2.54. The number of carbonyl (C=O) groups excluding carboxylic acids is 6. The van der Waals surface area contributed by atoms with Crippen molar-refractivity contribution in [2.45, 2.75) is 83.3 Å². The molecule has 0 saturated carbocycles. The van der Waals surface area contributed by atoms with E-state index in [1.54, 1.807) is 12.1 Å². The van der Waals surface area contributed by atoms with Crippen LogP contribution in [-0.2, 0) is 52.4 Å². The Labute approximate surface area is 332 Å². The van der Waals surface area contributed by atoms with Gasteiger partial charge >= 0.3 is 30.0 Å². The lowest BCUT2D eigenvalue weighted by Crippen LogP contribution is -2.67. The van der Waals surface area contributed by atoms with Crippen LogP contribution in [-0.4, -0.2) is 91.9 Å². The molecule has 5 rings (SSSR count). The van der Waals surface area contributed by atoms with Gasteiger partial charge in [-0.1, -0.05) is 48.5 Å². The van der Waals surface area contributed by atoms with Crippen molar-refractivity contribution >= 4 is 35.9 Å². The molecule has 1 aliphatic heterocycles. The molecular weight excluding hydrogens is 799 g/mol. The van der Waals surface area contributed by atoms with Crippen molar-refractivity contribution in [1.82, 2.24) is 10.6 Å². The van der Waals surface area contributed by atoms with Gasteiger partial charge < -0.3 is 43.8 Å². The molecule has 3 aromatic carbocycles. The first-order valence-electron chi connectivity index (χ1n) is 17.8. The highest BCUT2D eigenvalue weighted by molar-refractivity contribution is 5.84. The number of alkyl carbamates (subject to hydrolysis) is 1. The normalized spacial score (nSPS) is 20.5. The van der Waals surface area contributed by atoms with Gasteiger partial charge in [-0.3, -0.25) is 19.2 Å². The Morgan fingerprint density at radius 2 is 1.22 bits per heavy atom. The van der Waals surface area contributed by atoms with Gasteiger partial charge in [0.1, 0.15) is 25.4 Å². The number of halogens is 5. The molecule has 20 heteroatoms. The van der Waals surface area contributed by atoms with E-state index in [-0.39, 0.29) is 6.61 Å². The monoisotopic (exact) mass is 836 g/mol. The van der Waals surface area contributed by atoms with Gasteiger partial charge in [-0.05, 0) is 29.2 Å². The Morgan fingerprint density at radius 1 is 0.695 bits per heavy atom. The average Bonchev–Trinajstić information content (AvgIpc) is 3.50. The van der Waals surface area contributed by atoms with Crippen molar-refractivity contribution in [2.75, 3.05) is 13.2 Å². The number of hydrogen-bond acceptors (Lipinski definition) is 13. The van der Waals surface area contributed by atoms with E-state index in [9.17, 15) is 50.7 Å². The highest BCUT2D eigenvalue weighted by atomic mass is 19.2. The first kappa shape index (κ1) is 44.0. The fourth-order valence-corrected chi connectivity index (χ4v) is 6.67. The van der Waals surface area contributed by atoms with Crippen LogP contribution in [0.3, 0.4) is 0 Å². The molecule has 0 aromatic heterocycles. The first-order valence-corrected chi connectivity index (χ1v) is 17.8. The Kier molecular flexibility index (Phi) is 13.9. The Hall–Kier alpha value is -6.15. The zero-order valence-electron chi connectivity index (χ0n) is 31.8. The van der Waals surface area contributed by atoms with E-state index in [0.29, 0.717) is 0 Å².